The predicted molar refractivity (Wildman–Crippen MR) is 375 cm³/mol. The number of aromatic nitrogens is 2. The van der Waals surface area contributed by atoms with E-state index in [9.17, 15) is 63.6 Å². The number of benzene rings is 2. The van der Waals surface area contributed by atoms with E-state index in [0.717, 1.165) is 44.2 Å². The van der Waals surface area contributed by atoms with E-state index in [1.807, 2.05) is 45.0 Å². The molecule has 0 spiro atoms. The molecule has 1 saturated heterocycles. The van der Waals surface area contributed by atoms with Crippen molar-refractivity contribution in [3.8, 4) is 28.4 Å². The number of nitrogens with one attached hydrogen (secondary N) is 3. The van der Waals surface area contributed by atoms with Crippen LogP contribution in [-0.4, -0.2) is 298 Å². The molecule has 2 aromatic carbocycles. The molecule has 7 N–H and O–H groups in total. The molecular weight excluding hydrogens is 1310 g/mol. The largest absolute Gasteiger partial charge is 0.496 e. The predicted octanol–water partition coefficient (Wildman–Crippen LogP) is 4.14. The van der Waals surface area contributed by atoms with Crippen LogP contribution in [0.1, 0.15) is 130 Å². The van der Waals surface area contributed by atoms with Gasteiger partial charge in [-0.25, -0.2) is 9.48 Å². The number of carboxylic acids is 4. The maximum Gasteiger partial charge on any atom is 0.330 e. The molecule has 4 amide bonds. The first-order chi connectivity index (χ1) is 48.5. The fraction of sp³-hybridized carbons (Fsp3) is 0.667. The van der Waals surface area contributed by atoms with Crippen molar-refractivity contribution < 1.29 is 87.3 Å². The molecule has 0 radical (unpaired) electrons. The van der Waals surface area contributed by atoms with Gasteiger partial charge in [0.05, 0.1) is 83.8 Å². The van der Waals surface area contributed by atoms with Crippen LogP contribution < -0.4 is 25.4 Å². The first kappa shape index (κ1) is 80.7. The summed E-state index contributed by atoms with van der Waals surface area (Å²) >= 11 is 0. The number of aliphatic carboxylic acids is 4. The Morgan fingerprint density at radius 3 is 1.59 bits per heavy atom. The minimum Gasteiger partial charge on any atom is -0.496 e. The number of hydrogen-bond donors (Lipinski definition) is 7. The fourth-order valence-electron chi connectivity index (χ4n) is 14.6. The summed E-state index contributed by atoms with van der Waals surface area (Å²) in [6.45, 7) is 10.3. The van der Waals surface area contributed by atoms with Crippen LogP contribution in [0, 0.1) is 23.7 Å². The number of hydrogen-bond acceptors (Lipinski definition) is 20. The lowest BCUT2D eigenvalue weighted by atomic mass is 9.48. The molecule has 3 aromatic rings. The van der Waals surface area contributed by atoms with Gasteiger partial charge in [0.1, 0.15) is 22.8 Å². The molecule has 4 bridgehead atoms. The standard InChI is InChI=1S/C72H109N11O18/c1-50(2)57-44-53(16-18-59(57)83-60(68-61(97-5)14-9-15-62(68)98-6)45-58(76-83)69(93)75-72(71(95)96)54-40-51-39-52(42-54)43-55(72)41-51)70(94)82(24-12-22-77(3)4)23-10-20-73-63(85)19-17-56(84)13-7-8-33-99-35-37-101-38-36-100-34-11-21-74-64(86)46-78-25-27-79(47-65(87)88)29-31-81(49-67(91)92)32-30-80(28-26-78)48-66(89)90/h9,14-16,18,44-45,50-52,54-55H,7-8,10-13,17,19-43,46-49H2,1-6H3,(H,73,85)(H,74,86)(H,75,93)(H,87,88)(H,89,90)(H,91,92)(H,95,96). The molecule has 29 nitrogen and oxygen atoms in total. The number of amides is 4. The normalized spacial score (nSPS) is 19.9. The van der Waals surface area contributed by atoms with Crippen molar-refractivity contribution >= 4 is 53.3 Å². The van der Waals surface area contributed by atoms with Crippen LogP contribution in [0.15, 0.2) is 42.5 Å². The second-order valence-corrected chi connectivity index (χ2v) is 27.7. The smallest absolute Gasteiger partial charge is 0.330 e. The molecular formula is C72H109N11O18. The highest BCUT2D eigenvalue weighted by Crippen LogP contribution is 2.58. The van der Waals surface area contributed by atoms with Gasteiger partial charge >= 0.3 is 23.9 Å². The topological polar surface area (TPSA) is 354 Å². The van der Waals surface area contributed by atoms with E-state index in [0.29, 0.717) is 176 Å². The number of nitrogens with zero attached hydrogens (tertiary/aromatic N) is 8. The molecule has 1 aliphatic heterocycles. The van der Waals surface area contributed by atoms with Crippen LogP contribution in [0.4, 0.5) is 0 Å². The molecule has 29 heteroatoms. The average molecular weight is 1420 g/mol. The van der Waals surface area contributed by atoms with Crippen LogP contribution in [0.5, 0.6) is 11.5 Å². The van der Waals surface area contributed by atoms with Crippen LogP contribution in [0.25, 0.3) is 16.9 Å². The van der Waals surface area contributed by atoms with E-state index < -0.39 is 35.3 Å². The Balaban J connectivity index is 0.789. The Morgan fingerprint density at radius 1 is 0.574 bits per heavy atom. The molecule has 560 valence electrons. The number of carbonyl (C=O) groups is 9. The van der Waals surface area contributed by atoms with Crippen molar-refractivity contribution in [3.05, 3.63) is 59.3 Å². The van der Waals surface area contributed by atoms with Crippen LogP contribution in [0.2, 0.25) is 0 Å². The molecule has 0 unspecified atom stereocenters. The molecule has 5 aliphatic rings. The highest BCUT2D eigenvalue weighted by Gasteiger charge is 2.62. The number of rotatable bonds is 43. The Bertz CT molecular complexity index is 3150. The molecule has 2 heterocycles. The van der Waals surface area contributed by atoms with E-state index in [1.165, 1.54) is 0 Å². The van der Waals surface area contributed by atoms with Crippen molar-refractivity contribution in [2.75, 3.05) is 179 Å². The number of methoxy groups -OCH3 is 2. The summed E-state index contributed by atoms with van der Waals surface area (Å²) < 4.78 is 30.3. The molecule has 101 heavy (non-hydrogen) atoms. The highest BCUT2D eigenvalue weighted by atomic mass is 16.5. The third-order valence-corrected chi connectivity index (χ3v) is 19.6. The van der Waals surface area contributed by atoms with E-state index in [2.05, 4.69) is 20.9 Å². The van der Waals surface area contributed by atoms with Gasteiger partial charge in [-0.05, 0) is 156 Å². The van der Waals surface area contributed by atoms with E-state index in [4.69, 9.17) is 28.8 Å². The average Bonchev–Trinajstić information content (AvgIpc) is 1.33. The van der Waals surface area contributed by atoms with Crippen molar-refractivity contribution in [2.45, 2.75) is 109 Å². The number of carboxylic acid groups (broad SMARTS) is 4. The zero-order valence-corrected chi connectivity index (χ0v) is 60.0. The first-order valence-corrected chi connectivity index (χ1v) is 35.8. The summed E-state index contributed by atoms with van der Waals surface area (Å²) in [6.07, 6.45) is 7.73. The van der Waals surface area contributed by atoms with Crippen molar-refractivity contribution in [1.29, 1.82) is 0 Å². The maximum atomic E-state index is 14.6. The zero-order valence-electron chi connectivity index (χ0n) is 60.0. The Labute approximate surface area is 592 Å². The highest BCUT2D eigenvalue weighted by molar-refractivity contribution is 5.99. The number of Topliss-reactive ketones (excluding diaryl/α,β-unsaturated/α-hetero) is 1. The lowest BCUT2D eigenvalue weighted by Crippen LogP contribution is -2.70. The summed E-state index contributed by atoms with van der Waals surface area (Å²) in [5, 5.41) is 53.1. The molecule has 5 fully saturated rings. The third kappa shape index (κ3) is 24.8. The molecule has 1 aromatic heterocycles. The van der Waals surface area contributed by atoms with E-state index in [-0.39, 0.29) is 112 Å². The van der Waals surface area contributed by atoms with Crippen molar-refractivity contribution in [2.24, 2.45) is 23.7 Å². The molecule has 8 rings (SSSR count). The van der Waals surface area contributed by atoms with Gasteiger partial charge in [0.15, 0.2) is 5.69 Å². The number of unbranched alkanes of at least 4 members (excludes halogenated alkanes) is 1. The number of ether oxygens (including phenoxy) is 5. The van der Waals surface area contributed by atoms with Gasteiger partial charge < -0.3 is 69.9 Å². The summed E-state index contributed by atoms with van der Waals surface area (Å²) in [4.78, 5) is 127. The van der Waals surface area contributed by atoms with Gasteiger partial charge in [-0.15, -0.1) is 0 Å². The lowest BCUT2D eigenvalue weighted by molar-refractivity contribution is -0.163. The van der Waals surface area contributed by atoms with E-state index >= 15 is 0 Å². The molecule has 0 atom stereocenters. The van der Waals surface area contributed by atoms with Crippen LogP contribution in [0.3, 0.4) is 0 Å². The van der Waals surface area contributed by atoms with Gasteiger partial charge in [0, 0.05) is 117 Å². The van der Waals surface area contributed by atoms with Gasteiger partial charge in [0.25, 0.3) is 11.8 Å². The second kappa shape index (κ2) is 40.9. The van der Waals surface area contributed by atoms with Gasteiger partial charge in [-0.1, -0.05) is 19.9 Å². The quantitative estimate of drug-likeness (QED) is 0.0391. The van der Waals surface area contributed by atoms with Gasteiger partial charge in [0.2, 0.25) is 11.8 Å². The monoisotopic (exact) mass is 1420 g/mol. The van der Waals surface area contributed by atoms with Crippen molar-refractivity contribution in [1.82, 2.24) is 55.1 Å². The maximum absolute atomic E-state index is 14.6. The number of ketones is 1. The summed E-state index contributed by atoms with van der Waals surface area (Å²) in [5.74, 6) is -3.92. The van der Waals surface area contributed by atoms with Gasteiger partial charge in [-0.3, -0.25) is 58.0 Å². The van der Waals surface area contributed by atoms with Crippen molar-refractivity contribution in [3.63, 3.8) is 0 Å². The summed E-state index contributed by atoms with van der Waals surface area (Å²) in [6, 6.07) is 12.5. The van der Waals surface area contributed by atoms with Gasteiger partial charge in [-0.2, -0.15) is 5.10 Å². The molecule has 4 saturated carbocycles. The summed E-state index contributed by atoms with van der Waals surface area (Å²) in [5.41, 5.74) is 1.48. The Morgan fingerprint density at radius 2 is 1.08 bits per heavy atom. The Kier molecular flexibility index (Phi) is 32.6. The second-order valence-electron chi connectivity index (χ2n) is 27.7. The Hall–Kier alpha value is -7.64. The fourth-order valence-corrected chi connectivity index (χ4v) is 14.6. The minimum atomic E-state index is -1.40. The molecule has 4 aliphatic carbocycles. The first-order valence-electron chi connectivity index (χ1n) is 35.8. The minimum absolute atomic E-state index is 0.0127. The van der Waals surface area contributed by atoms with Crippen LogP contribution in [-0.2, 0) is 47.8 Å². The lowest BCUT2D eigenvalue weighted by Gasteiger charge is -2.59. The SMILES string of the molecule is COc1cccc(OC)c1-c1cc(C(=O)NC2(C(=O)O)C3CC4CC(C3)CC2C4)nn1-c1ccc(C(=O)N(CCCNC(=O)CCC(=O)CCCCOCCOCCOCCCNC(=O)CN2CCN(CC(=O)O)CCN(CC(=O)O)CCN(CC(=O)O)CC2)CCCN(C)C)cc1C(C)C. The van der Waals surface area contributed by atoms with E-state index in [1.54, 1.807) is 68.8 Å². The summed E-state index contributed by atoms with van der Waals surface area (Å²) in [7, 11) is 7.04. The zero-order chi connectivity index (χ0) is 73.0. The number of carbonyl (C=O) groups excluding carboxylic acids is 5. The van der Waals surface area contributed by atoms with Crippen LogP contribution >= 0.6 is 0 Å². The third-order valence-electron chi connectivity index (χ3n) is 19.6.